The first kappa shape index (κ1) is 22.5. The van der Waals surface area contributed by atoms with Gasteiger partial charge in [-0.05, 0) is 55.8 Å². The fraction of sp³-hybridized carbons (Fsp3) is 0.208. The van der Waals surface area contributed by atoms with Gasteiger partial charge in [-0.3, -0.25) is 4.79 Å². The summed E-state index contributed by atoms with van der Waals surface area (Å²) in [5, 5.41) is 2.75. The summed E-state index contributed by atoms with van der Waals surface area (Å²) in [5.74, 6) is 0.286. The van der Waals surface area contributed by atoms with Crippen molar-refractivity contribution in [3.8, 4) is 5.75 Å². The molecule has 0 aromatic heterocycles. The molecule has 0 aliphatic rings. The fourth-order valence-electron chi connectivity index (χ4n) is 2.93. The van der Waals surface area contributed by atoms with Crippen LogP contribution in [0.1, 0.15) is 18.1 Å². The Hall–Kier alpha value is -3.16. The molecule has 6 nitrogen and oxygen atoms in total. The first-order valence-corrected chi connectivity index (χ1v) is 11.3. The van der Waals surface area contributed by atoms with Crippen LogP contribution in [0.25, 0.3) is 0 Å². The van der Waals surface area contributed by atoms with Crippen LogP contribution in [0.5, 0.6) is 5.75 Å². The fourth-order valence-corrected chi connectivity index (χ4v) is 4.09. The predicted octanol–water partition coefficient (Wildman–Crippen LogP) is 4.22. The van der Waals surface area contributed by atoms with Crippen molar-refractivity contribution in [1.82, 2.24) is 4.31 Å². The van der Waals surface area contributed by atoms with Gasteiger partial charge in [-0.15, -0.1) is 0 Å². The van der Waals surface area contributed by atoms with Crippen LogP contribution >= 0.6 is 0 Å². The van der Waals surface area contributed by atoms with Crippen LogP contribution < -0.4 is 10.1 Å². The van der Waals surface area contributed by atoms with Gasteiger partial charge >= 0.3 is 0 Å². The average Bonchev–Trinajstić information content (AvgIpc) is 2.76. The van der Waals surface area contributed by atoms with Gasteiger partial charge < -0.3 is 10.1 Å². The Bertz CT molecular complexity index is 1110. The van der Waals surface area contributed by atoms with Crippen LogP contribution in [0.3, 0.4) is 0 Å². The molecule has 0 aliphatic carbocycles. The highest BCUT2D eigenvalue weighted by atomic mass is 32.2. The van der Waals surface area contributed by atoms with E-state index in [1.165, 1.54) is 16.4 Å². The summed E-state index contributed by atoms with van der Waals surface area (Å²) in [7, 11) is -2.10. The van der Waals surface area contributed by atoms with Crippen LogP contribution in [0.15, 0.2) is 83.8 Å². The summed E-state index contributed by atoms with van der Waals surface area (Å²) in [6.45, 7) is 3.91. The van der Waals surface area contributed by atoms with Gasteiger partial charge in [0, 0.05) is 19.3 Å². The SMILES string of the molecule is Cc1ccc(O[C@@H](C)C(=O)Nc2ccc(S(=O)(=O)N(C)Cc3ccccc3)cc2)cc1. The Morgan fingerprint density at radius 1 is 0.968 bits per heavy atom. The molecule has 0 radical (unpaired) electrons. The van der Waals surface area contributed by atoms with E-state index in [4.69, 9.17) is 4.74 Å². The third-order valence-corrected chi connectivity index (χ3v) is 6.60. The monoisotopic (exact) mass is 438 g/mol. The lowest BCUT2D eigenvalue weighted by molar-refractivity contribution is -0.122. The zero-order valence-electron chi connectivity index (χ0n) is 17.8. The Kier molecular flexibility index (Phi) is 7.09. The van der Waals surface area contributed by atoms with Crippen molar-refractivity contribution < 1.29 is 17.9 Å². The molecule has 3 aromatic carbocycles. The Morgan fingerprint density at radius 3 is 2.19 bits per heavy atom. The van der Waals surface area contributed by atoms with Crippen molar-refractivity contribution in [2.45, 2.75) is 31.4 Å². The molecule has 3 rings (SSSR count). The van der Waals surface area contributed by atoms with E-state index in [0.717, 1.165) is 11.1 Å². The highest BCUT2D eigenvalue weighted by molar-refractivity contribution is 7.89. The number of amides is 1. The molecule has 1 N–H and O–H groups in total. The second kappa shape index (κ2) is 9.76. The Labute approximate surface area is 183 Å². The van der Waals surface area contributed by atoms with E-state index in [1.807, 2.05) is 61.5 Å². The summed E-state index contributed by atoms with van der Waals surface area (Å²) < 4.78 is 32.6. The minimum Gasteiger partial charge on any atom is -0.481 e. The number of ether oxygens (including phenoxy) is 1. The van der Waals surface area contributed by atoms with Crippen molar-refractivity contribution in [1.29, 1.82) is 0 Å². The summed E-state index contributed by atoms with van der Waals surface area (Å²) in [6, 6.07) is 22.9. The van der Waals surface area contributed by atoms with Crippen molar-refractivity contribution in [2.24, 2.45) is 0 Å². The smallest absolute Gasteiger partial charge is 0.265 e. The molecule has 0 aliphatic heterocycles. The summed E-state index contributed by atoms with van der Waals surface area (Å²) >= 11 is 0. The number of benzene rings is 3. The quantitative estimate of drug-likeness (QED) is 0.571. The lowest BCUT2D eigenvalue weighted by Crippen LogP contribution is -2.30. The van der Waals surface area contributed by atoms with Gasteiger partial charge in [0.1, 0.15) is 5.75 Å². The van der Waals surface area contributed by atoms with Crippen LogP contribution in [-0.4, -0.2) is 31.8 Å². The number of nitrogens with one attached hydrogen (secondary N) is 1. The largest absolute Gasteiger partial charge is 0.481 e. The molecular formula is C24H26N2O4S. The van der Waals surface area contributed by atoms with Crippen molar-refractivity contribution in [3.05, 3.63) is 90.0 Å². The molecule has 0 saturated carbocycles. The normalized spacial score (nSPS) is 12.4. The van der Waals surface area contributed by atoms with E-state index in [0.29, 0.717) is 11.4 Å². The number of rotatable bonds is 8. The first-order chi connectivity index (χ1) is 14.8. The second-order valence-electron chi connectivity index (χ2n) is 7.33. The topological polar surface area (TPSA) is 75.7 Å². The summed E-state index contributed by atoms with van der Waals surface area (Å²) in [6.07, 6.45) is -0.705. The molecule has 0 bridgehead atoms. The number of sulfonamides is 1. The second-order valence-corrected chi connectivity index (χ2v) is 9.38. The standard InChI is InChI=1S/C24H26N2O4S/c1-18-9-13-22(14-10-18)30-19(2)24(27)25-21-11-15-23(16-12-21)31(28,29)26(3)17-20-7-5-4-6-8-20/h4-16,19H,17H2,1-3H3,(H,25,27)/t19-/m0/s1. The number of hydrogen-bond acceptors (Lipinski definition) is 4. The molecular weight excluding hydrogens is 412 g/mol. The average molecular weight is 439 g/mol. The highest BCUT2D eigenvalue weighted by Crippen LogP contribution is 2.20. The van der Waals surface area contributed by atoms with E-state index >= 15 is 0 Å². The highest BCUT2D eigenvalue weighted by Gasteiger charge is 2.21. The third-order valence-electron chi connectivity index (χ3n) is 4.78. The number of aryl methyl sites for hydroxylation is 1. The van der Waals surface area contributed by atoms with Crippen LogP contribution in [-0.2, 0) is 21.4 Å². The maximum Gasteiger partial charge on any atom is 0.265 e. The zero-order valence-corrected chi connectivity index (χ0v) is 18.6. The molecule has 0 spiro atoms. The Morgan fingerprint density at radius 2 is 1.58 bits per heavy atom. The van der Waals surface area contributed by atoms with E-state index in [2.05, 4.69) is 5.32 Å². The van der Waals surface area contributed by atoms with Crippen molar-refractivity contribution in [3.63, 3.8) is 0 Å². The van der Waals surface area contributed by atoms with Crippen LogP contribution in [0, 0.1) is 6.92 Å². The van der Waals surface area contributed by atoms with E-state index in [-0.39, 0.29) is 17.3 Å². The molecule has 1 amide bonds. The molecule has 0 heterocycles. The molecule has 0 fully saturated rings. The molecule has 162 valence electrons. The predicted molar refractivity (Wildman–Crippen MR) is 121 cm³/mol. The molecule has 7 heteroatoms. The number of anilines is 1. The number of carbonyl (C=O) groups is 1. The number of carbonyl (C=O) groups excluding carboxylic acids is 1. The van der Waals surface area contributed by atoms with Gasteiger partial charge in [-0.25, -0.2) is 8.42 Å². The minimum atomic E-state index is -3.65. The lowest BCUT2D eigenvalue weighted by atomic mass is 10.2. The van der Waals surface area contributed by atoms with E-state index < -0.39 is 16.1 Å². The van der Waals surface area contributed by atoms with Gasteiger partial charge in [0.15, 0.2) is 6.10 Å². The van der Waals surface area contributed by atoms with Crippen LogP contribution in [0.4, 0.5) is 5.69 Å². The van der Waals surface area contributed by atoms with E-state index in [1.54, 1.807) is 26.1 Å². The van der Waals surface area contributed by atoms with Gasteiger partial charge in [-0.2, -0.15) is 4.31 Å². The van der Waals surface area contributed by atoms with Gasteiger partial charge in [-0.1, -0.05) is 48.0 Å². The molecule has 31 heavy (non-hydrogen) atoms. The molecule has 0 saturated heterocycles. The Balaban J connectivity index is 1.62. The van der Waals surface area contributed by atoms with Crippen LogP contribution in [0.2, 0.25) is 0 Å². The first-order valence-electron chi connectivity index (χ1n) is 9.90. The van der Waals surface area contributed by atoms with Crippen molar-refractivity contribution >= 4 is 21.6 Å². The van der Waals surface area contributed by atoms with E-state index in [9.17, 15) is 13.2 Å². The maximum atomic E-state index is 12.8. The third kappa shape index (κ3) is 5.93. The van der Waals surface area contributed by atoms with Gasteiger partial charge in [0.05, 0.1) is 4.90 Å². The number of hydrogen-bond donors (Lipinski definition) is 1. The summed E-state index contributed by atoms with van der Waals surface area (Å²) in [5.41, 5.74) is 2.50. The summed E-state index contributed by atoms with van der Waals surface area (Å²) in [4.78, 5) is 12.6. The lowest BCUT2D eigenvalue weighted by Gasteiger charge is -2.18. The molecule has 1 atom stereocenters. The molecule has 3 aromatic rings. The molecule has 0 unspecified atom stereocenters. The van der Waals surface area contributed by atoms with Crippen molar-refractivity contribution in [2.75, 3.05) is 12.4 Å². The van der Waals surface area contributed by atoms with Gasteiger partial charge in [0.2, 0.25) is 10.0 Å². The minimum absolute atomic E-state index is 0.160. The number of nitrogens with zero attached hydrogens (tertiary/aromatic N) is 1. The zero-order chi connectivity index (χ0) is 22.4. The maximum absolute atomic E-state index is 12.8. The van der Waals surface area contributed by atoms with Gasteiger partial charge in [0.25, 0.3) is 5.91 Å².